The van der Waals surface area contributed by atoms with E-state index < -0.39 is 0 Å². The molecule has 2 aromatic heterocycles. The quantitative estimate of drug-likeness (QED) is 0.649. The molecule has 0 saturated carbocycles. The number of benzene rings is 1. The summed E-state index contributed by atoms with van der Waals surface area (Å²) in [7, 11) is 0. The second kappa shape index (κ2) is 3.60. The second-order valence-corrected chi connectivity index (χ2v) is 4.62. The Morgan fingerprint density at radius 3 is 2.72 bits per heavy atom. The number of rotatable bonds is 1. The van der Waals surface area contributed by atoms with Crippen molar-refractivity contribution in [2.24, 2.45) is 0 Å². The fourth-order valence-corrected chi connectivity index (χ4v) is 2.58. The molecule has 88 valence electrons. The van der Waals surface area contributed by atoms with Crippen molar-refractivity contribution in [3.63, 3.8) is 0 Å². The van der Waals surface area contributed by atoms with Crippen LogP contribution in [0.2, 0.25) is 0 Å². The fraction of sp³-hybridized carbons (Fsp3) is 0.133. The van der Waals surface area contributed by atoms with Gasteiger partial charge in [0.2, 0.25) is 0 Å². The van der Waals surface area contributed by atoms with E-state index in [1.165, 1.54) is 22.4 Å². The van der Waals surface area contributed by atoms with Crippen molar-refractivity contribution in [3.05, 3.63) is 60.0 Å². The molecule has 0 amide bonds. The zero-order chi connectivity index (χ0) is 11.9. The van der Waals surface area contributed by atoms with Crippen molar-refractivity contribution >= 4 is 0 Å². The Bertz CT molecular complexity index is 694. The maximum atomic E-state index is 5.37. The Hall–Kier alpha value is -2.29. The maximum Gasteiger partial charge on any atom is 0.171 e. The molecular weight excluding hydrogens is 224 g/mol. The third kappa shape index (κ3) is 1.34. The molecule has 0 unspecified atom stereocenters. The fourth-order valence-electron chi connectivity index (χ4n) is 2.58. The highest BCUT2D eigenvalue weighted by atomic mass is 16.5. The first-order valence-corrected chi connectivity index (χ1v) is 6.12. The van der Waals surface area contributed by atoms with E-state index in [4.69, 9.17) is 4.52 Å². The van der Waals surface area contributed by atoms with Gasteiger partial charge in [-0.3, -0.25) is 0 Å². The normalized spacial score (nSPS) is 13.1. The highest BCUT2D eigenvalue weighted by Gasteiger charge is 2.22. The molecule has 1 aliphatic rings. The summed E-state index contributed by atoms with van der Waals surface area (Å²) in [5.41, 5.74) is 4.90. The zero-order valence-electron chi connectivity index (χ0n) is 9.84. The first-order chi connectivity index (χ1) is 8.92. The minimum Gasteiger partial charge on any atom is -0.356 e. The average Bonchev–Trinajstić information content (AvgIpc) is 3.05. The van der Waals surface area contributed by atoms with Gasteiger partial charge in [0.05, 0.1) is 6.20 Å². The lowest BCUT2D eigenvalue weighted by molar-refractivity contribution is 0.430. The first kappa shape index (κ1) is 9.71. The van der Waals surface area contributed by atoms with Gasteiger partial charge in [-0.2, -0.15) is 0 Å². The van der Waals surface area contributed by atoms with Crippen molar-refractivity contribution in [2.45, 2.75) is 12.8 Å². The van der Waals surface area contributed by atoms with Gasteiger partial charge in [-0.25, -0.2) is 0 Å². The van der Waals surface area contributed by atoms with E-state index in [1.807, 2.05) is 24.4 Å². The Labute approximate surface area is 105 Å². The Morgan fingerprint density at radius 2 is 1.83 bits per heavy atom. The standard InChI is InChI=1S/C15H12N2O/c1-2-4-13(5-3-1)17-9-12-7-6-11-8-16-18-15(11)14(12)10-17/h1-5,8-10H,6-7H2. The van der Waals surface area contributed by atoms with Gasteiger partial charge in [-0.05, 0) is 30.5 Å². The first-order valence-electron chi connectivity index (χ1n) is 6.12. The van der Waals surface area contributed by atoms with Crippen LogP contribution in [0.25, 0.3) is 17.0 Å². The highest BCUT2D eigenvalue weighted by Crippen LogP contribution is 2.34. The van der Waals surface area contributed by atoms with Crippen LogP contribution in [0.3, 0.4) is 0 Å². The molecule has 0 aliphatic heterocycles. The van der Waals surface area contributed by atoms with Gasteiger partial charge >= 0.3 is 0 Å². The van der Waals surface area contributed by atoms with Crippen LogP contribution in [-0.2, 0) is 12.8 Å². The van der Waals surface area contributed by atoms with E-state index >= 15 is 0 Å². The van der Waals surface area contributed by atoms with E-state index in [1.54, 1.807) is 0 Å². The van der Waals surface area contributed by atoms with E-state index in [-0.39, 0.29) is 0 Å². The number of hydrogen-bond donors (Lipinski definition) is 0. The number of aryl methyl sites for hydroxylation is 2. The summed E-state index contributed by atoms with van der Waals surface area (Å²) in [4.78, 5) is 0. The monoisotopic (exact) mass is 236 g/mol. The molecule has 0 bridgehead atoms. The number of hydrogen-bond acceptors (Lipinski definition) is 2. The molecule has 0 saturated heterocycles. The maximum absolute atomic E-state index is 5.37. The Balaban J connectivity index is 1.88. The Morgan fingerprint density at radius 1 is 1.00 bits per heavy atom. The molecule has 1 aromatic carbocycles. The largest absolute Gasteiger partial charge is 0.356 e. The zero-order valence-corrected chi connectivity index (χ0v) is 9.84. The van der Waals surface area contributed by atoms with Crippen molar-refractivity contribution in [1.82, 2.24) is 9.72 Å². The lowest BCUT2D eigenvalue weighted by Crippen LogP contribution is -1.97. The summed E-state index contributed by atoms with van der Waals surface area (Å²) in [6, 6.07) is 10.3. The smallest absolute Gasteiger partial charge is 0.171 e. The third-order valence-electron chi connectivity index (χ3n) is 3.52. The summed E-state index contributed by atoms with van der Waals surface area (Å²) >= 11 is 0. The van der Waals surface area contributed by atoms with Gasteiger partial charge in [-0.1, -0.05) is 23.4 Å². The van der Waals surface area contributed by atoms with Gasteiger partial charge in [0.15, 0.2) is 5.76 Å². The predicted molar refractivity (Wildman–Crippen MR) is 68.7 cm³/mol. The summed E-state index contributed by atoms with van der Waals surface area (Å²) in [6.45, 7) is 0. The van der Waals surface area contributed by atoms with Gasteiger partial charge in [0.1, 0.15) is 0 Å². The van der Waals surface area contributed by atoms with Gasteiger partial charge < -0.3 is 9.09 Å². The van der Waals surface area contributed by atoms with Crippen LogP contribution in [-0.4, -0.2) is 9.72 Å². The Kier molecular flexibility index (Phi) is 1.94. The summed E-state index contributed by atoms with van der Waals surface area (Å²) in [5.74, 6) is 0.936. The number of nitrogens with zero attached hydrogens (tertiary/aromatic N) is 2. The van der Waals surface area contributed by atoms with E-state index in [0.29, 0.717) is 0 Å². The van der Waals surface area contributed by atoms with E-state index in [2.05, 4.69) is 34.3 Å². The highest BCUT2D eigenvalue weighted by molar-refractivity contribution is 5.68. The van der Waals surface area contributed by atoms with Crippen LogP contribution in [0.1, 0.15) is 11.1 Å². The van der Waals surface area contributed by atoms with E-state index in [9.17, 15) is 0 Å². The second-order valence-electron chi connectivity index (χ2n) is 4.62. The van der Waals surface area contributed by atoms with E-state index in [0.717, 1.165) is 18.6 Å². The summed E-state index contributed by atoms with van der Waals surface area (Å²) < 4.78 is 7.52. The molecule has 3 aromatic rings. The van der Waals surface area contributed by atoms with Crippen LogP contribution in [0, 0.1) is 0 Å². The molecule has 2 heterocycles. The van der Waals surface area contributed by atoms with Crippen molar-refractivity contribution in [2.75, 3.05) is 0 Å². The van der Waals surface area contributed by atoms with Crippen molar-refractivity contribution in [1.29, 1.82) is 0 Å². The van der Waals surface area contributed by atoms with Gasteiger partial charge in [-0.15, -0.1) is 0 Å². The molecule has 0 radical (unpaired) electrons. The molecule has 18 heavy (non-hydrogen) atoms. The minimum absolute atomic E-state index is 0.936. The molecule has 0 fully saturated rings. The molecular formula is C15H12N2O. The average molecular weight is 236 g/mol. The minimum atomic E-state index is 0.936. The van der Waals surface area contributed by atoms with Gasteiger partial charge in [0.25, 0.3) is 0 Å². The number of para-hydroxylation sites is 1. The van der Waals surface area contributed by atoms with Crippen LogP contribution < -0.4 is 0 Å². The molecule has 4 rings (SSSR count). The molecule has 0 spiro atoms. The van der Waals surface area contributed by atoms with Crippen molar-refractivity contribution < 1.29 is 4.52 Å². The molecule has 1 aliphatic carbocycles. The van der Waals surface area contributed by atoms with Crippen LogP contribution in [0.15, 0.2) is 53.4 Å². The topological polar surface area (TPSA) is 31.0 Å². The van der Waals surface area contributed by atoms with Crippen LogP contribution in [0.4, 0.5) is 0 Å². The molecule has 0 N–H and O–H groups in total. The summed E-state index contributed by atoms with van der Waals surface area (Å²) in [6.07, 6.45) is 8.23. The lowest BCUT2D eigenvalue weighted by Gasteiger charge is -2.07. The lowest BCUT2D eigenvalue weighted by atomic mass is 9.95. The van der Waals surface area contributed by atoms with Crippen LogP contribution >= 0.6 is 0 Å². The number of fused-ring (bicyclic) bond motifs is 3. The molecule has 3 heteroatoms. The summed E-state index contributed by atoms with van der Waals surface area (Å²) in [5, 5.41) is 3.90. The predicted octanol–water partition coefficient (Wildman–Crippen LogP) is 3.23. The SMILES string of the molecule is c1ccc(-n2cc3c(c2)-c2oncc2CC3)cc1. The van der Waals surface area contributed by atoms with Crippen LogP contribution in [0.5, 0.6) is 0 Å². The molecule has 3 nitrogen and oxygen atoms in total. The number of aromatic nitrogens is 2. The van der Waals surface area contributed by atoms with Crippen molar-refractivity contribution in [3.8, 4) is 17.0 Å². The van der Waals surface area contributed by atoms with Gasteiger partial charge in [0, 0.05) is 29.2 Å². The molecule has 0 atom stereocenters. The third-order valence-corrected chi connectivity index (χ3v) is 3.52.